The number of nitrogen functional groups attached to an aromatic ring is 1. The van der Waals surface area contributed by atoms with Crippen LogP contribution in [-0.2, 0) is 6.54 Å². The summed E-state index contributed by atoms with van der Waals surface area (Å²) in [4.78, 5) is 4.58. The molecule has 1 unspecified atom stereocenters. The first kappa shape index (κ1) is 13.3. The molecule has 3 nitrogen and oxygen atoms in total. The molecule has 100 valence electrons. The van der Waals surface area contributed by atoms with Crippen LogP contribution in [0.3, 0.4) is 0 Å². The fraction of sp³-hybridized carbons (Fsp3) is 0.571. The van der Waals surface area contributed by atoms with Gasteiger partial charge in [0, 0.05) is 30.4 Å². The van der Waals surface area contributed by atoms with Gasteiger partial charge >= 0.3 is 0 Å². The minimum absolute atomic E-state index is 0.203. The number of hydrogen-bond acceptors (Lipinski definition) is 3. The Balaban J connectivity index is 1.99. The number of hydrogen-bond donors (Lipinski definition) is 1. The van der Waals surface area contributed by atoms with Crippen LogP contribution in [0.15, 0.2) is 18.2 Å². The second kappa shape index (κ2) is 5.67. The standard InChI is InChI=1S/C14H22FN3/c1-17-7-3-4-13(10-17)18(2)9-11-5-6-12(16)8-14(11)15/h5-6,8,13H,3-4,7,9-10,16H2,1-2H3. The summed E-state index contributed by atoms with van der Waals surface area (Å²) >= 11 is 0. The maximum Gasteiger partial charge on any atom is 0.129 e. The number of benzene rings is 1. The van der Waals surface area contributed by atoms with Gasteiger partial charge in [0.05, 0.1) is 0 Å². The summed E-state index contributed by atoms with van der Waals surface area (Å²) in [7, 11) is 4.21. The molecule has 0 spiro atoms. The van der Waals surface area contributed by atoms with E-state index < -0.39 is 0 Å². The van der Waals surface area contributed by atoms with E-state index in [9.17, 15) is 4.39 Å². The molecule has 1 fully saturated rings. The molecule has 2 rings (SSSR count). The van der Waals surface area contributed by atoms with Gasteiger partial charge in [-0.25, -0.2) is 4.39 Å². The van der Waals surface area contributed by atoms with Crippen molar-refractivity contribution in [3.63, 3.8) is 0 Å². The molecule has 1 saturated heterocycles. The van der Waals surface area contributed by atoms with E-state index in [1.165, 1.54) is 25.5 Å². The molecule has 1 aromatic rings. The smallest absolute Gasteiger partial charge is 0.129 e. The fourth-order valence-electron chi connectivity index (χ4n) is 2.59. The van der Waals surface area contributed by atoms with Crippen LogP contribution < -0.4 is 5.73 Å². The van der Waals surface area contributed by atoms with Crippen LogP contribution in [0.2, 0.25) is 0 Å². The van der Waals surface area contributed by atoms with Gasteiger partial charge in [-0.3, -0.25) is 4.90 Å². The van der Waals surface area contributed by atoms with Gasteiger partial charge < -0.3 is 10.6 Å². The van der Waals surface area contributed by atoms with Gasteiger partial charge in [-0.05, 0) is 45.6 Å². The van der Waals surface area contributed by atoms with Crippen molar-refractivity contribution in [1.29, 1.82) is 0 Å². The SMILES string of the molecule is CN1CCCC(N(C)Cc2ccc(N)cc2F)C1. The van der Waals surface area contributed by atoms with E-state index in [4.69, 9.17) is 5.73 Å². The highest BCUT2D eigenvalue weighted by Crippen LogP contribution is 2.18. The van der Waals surface area contributed by atoms with Gasteiger partial charge in [0.25, 0.3) is 0 Å². The fourth-order valence-corrected chi connectivity index (χ4v) is 2.59. The first-order valence-corrected chi connectivity index (χ1v) is 6.49. The van der Waals surface area contributed by atoms with Gasteiger partial charge in [0.2, 0.25) is 0 Å². The lowest BCUT2D eigenvalue weighted by Crippen LogP contribution is -2.44. The molecular weight excluding hydrogens is 229 g/mol. The van der Waals surface area contributed by atoms with Crippen molar-refractivity contribution in [2.24, 2.45) is 0 Å². The molecule has 0 aromatic heterocycles. The summed E-state index contributed by atoms with van der Waals surface area (Å²) in [6.07, 6.45) is 2.41. The molecule has 0 amide bonds. The Morgan fingerprint density at radius 1 is 1.50 bits per heavy atom. The van der Waals surface area contributed by atoms with Crippen LogP contribution in [0.4, 0.5) is 10.1 Å². The molecule has 1 aliphatic rings. The third-order valence-electron chi connectivity index (χ3n) is 3.72. The second-order valence-electron chi connectivity index (χ2n) is 5.32. The van der Waals surface area contributed by atoms with Crippen LogP contribution in [0, 0.1) is 5.82 Å². The third kappa shape index (κ3) is 3.21. The van der Waals surface area contributed by atoms with Crippen molar-refractivity contribution in [1.82, 2.24) is 9.80 Å². The zero-order valence-electron chi connectivity index (χ0n) is 11.2. The lowest BCUT2D eigenvalue weighted by Gasteiger charge is -2.36. The summed E-state index contributed by atoms with van der Waals surface area (Å²) < 4.78 is 13.7. The van der Waals surface area contributed by atoms with Crippen molar-refractivity contribution in [3.05, 3.63) is 29.6 Å². The number of likely N-dealkylation sites (tertiary alicyclic amines) is 1. The first-order chi connectivity index (χ1) is 8.56. The number of rotatable bonds is 3. The maximum atomic E-state index is 13.7. The predicted molar refractivity (Wildman–Crippen MR) is 72.8 cm³/mol. The zero-order chi connectivity index (χ0) is 13.1. The molecule has 1 atom stereocenters. The van der Waals surface area contributed by atoms with Gasteiger partial charge in [-0.1, -0.05) is 6.07 Å². The largest absolute Gasteiger partial charge is 0.399 e. The third-order valence-corrected chi connectivity index (χ3v) is 3.72. The number of nitrogens with two attached hydrogens (primary N) is 1. The predicted octanol–water partition coefficient (Wildman–Crippen LogP) is 1.93. The van der Waals surface area contributed by atoms with Gasteiger partial charge in [-0.2, -0.15) is 0 Å². The van der Waals surface area contributed by atoms with Crippen LogP contribution in [0.1, 0.15) is 18.4 Å². The van der Waals surface area contributed by atoms with E-state index in [2.05, 4.69) is 23.9 Å². The van der Waals surface area contributed by atoms with Gasteiger partial charge in [-0.15, -0.1) is 0 Å². The van der Waals surface area contributed by atoms with Crippen molar-refractivity contribution in [2.45, 2.75) is 25.4 Å². The summed E-state index contributed by atoms with van der Waals surface area (Å²) in [6.45, 7) is 2.87. The Morgan fingerprint density at radius 3 is 2.94 bits per heavy atom. The summed E-state index contributed by atoms with van der Waals surface area (Å²) in [5.41, 5.74) is 6.76. The number of piperidine rings is 1. The highest BCUT2D eigenvalue weighted by molar-refractivity contribution is 5.40. The highest BCUT2D eigenvalue weighted by atomic mass is 19.1. The van der Waals surface area contributed by atoms with Crippen LogP contribution in [-0.4, -0.2) is 43.0 Å². The summed E-state index contributed by atoms with van der Waals surface area (Å²) in [6, 6.07) is 5.46. The van der Waals surface area contributed by atoms with Crippen LogP contribution in [0.25, 0.3) is 0 Å². The number of nitrogens with zero attached hydrogens (tertiary/aromatic N) is 2. The Kier molecular flexibility index (Phi) is 4.19. The van der Waals surface area contributed by atoms with Crippen molar-refractivity contribution in [3.8, 4) is 0 Å². The monoisotopic (exact) mass is 251 g/mol. The van der Waals surface area contributed by atoms with Crippen LogP contribution >= 0.6 is 0 Å². The minimum Gasteiger partial charge on any atom is -0.399 e. The molecule has 0 saturated carbocycles. The van der Waals surface area contributed by atoms with Gasteiger partial charge in [0.15, 0.2) is 0 Å². The van der Waals surface area contributed by atoms with E-state index in [-0.39, 0.29) is 5.82 Å². The molecule has 1 aromatic carbocycles. The van der Waals surface area contributed by atoms with Gasteiger partial charge in [0.1, 0.15) is 5.82 Å². The average Bonchev–Trinajstić information content (AvgIpc) is 2.32. The molecule has 2 N–H and O–H groups in total. The quantitative estimate of drug-likeness (QED) is 0.833. The van der Waals surface area contributed by atoms with Crippen molar-refractivity contribution in [2.75, 3.05) is 32.9 Å². The summed E-state index contributed by atoms with van der Waals surface area (Å²) in [5, 5.41) is 0. The normalized spacial score (nSPS) is 21.4. The molecule has 0 bridgehead atoms. The molecule has 0 aliphatic carbocycles. The van der Waals surface area contributed by atoms with E-state index in [0.717, 1.165) is 12.1 Å². The Labute approximate surface area is 108 Å². The van der Waals surface area contributed by atoms with Crippen LogP contribution in [0.5, 0.6) is 0 Å². The number of likely N-dealkylation sites (N-methyl/N-ethyl adjacent to an activating group) is 2. The molecule has 18 heavy (non-hydrogen) atoms. The summed E-state index contributed by atoms with van der Waals surface area (Å²) in [5.74, 6) is -0.203. The molecule has 1 aliphatic heterocycles. The average molecular weight is 251 g/mol. The lowest BCUT2D eigenvalue weighted by atomic mass is 10.0. The Bertz CT molecular complexity index is 408. The molecular formula is C14H22FN3. The van der Waals surface area contributed by atoms with E-state index in [0.29, 0.717) is 18.3 Å². The minimum atomic E-state index is -0.203. The number of anilines is 1. The molecule has 1 heterocycles. The van der Waals surface area contributed by atoms with Crippen molar-refractivity contribution >= 4 is 5.69 Å². The Morgan fingerprint density at radius 2 is 2.28 bits per heavy atom. The maximum absolute atomic E-state index is 13.7. The zero-order valence-corrected chi connectivity index (χ0v) is 11.2. The molecule has 0 radical (unpaired) electrons. The second-order valence-corrected chi connectivity index (χ2v) is 5.32. The highest BCUT2D eigenvalue weighted by Gasteiger charge is 2.21. The Hall–Kier alpha value is -1.13. The number of halogens is 1. The van der Waals surface area contributed by atoms with Crippen molar-refractivity contribution < 1.29 is 4.39 Å². The topological polar surface area (TPSA) is 32.5 Å². The first-order valence-electron chi connectivity index (χ1n) is 6.49. The van der Waals surface area contributed by atoms with E-state index >= 15 is 0 Å². The lowest BCUT2D eigenvalue weighted by molar-refractivity contribution is 0.128. The molecule has 4 heteroatoms. The van der Waals surface area contributed by atoms with E-state index in [1.807, 2.05) is 0 Å². The van der Waals surface area contributed by atoms with E-state index in [1.54, 1.807) is 12.1 Å².